The van der Waals surface area contributed by atoms with Gasteiger partial charge >= 0.3 is 0 Å². The number of nitrogens with zero attached hydrogens (tertiary/aromatic N) is 3. The van der Waals surface area contributed by atoms with Crippen molar-refractivity contribution in [2.24, 2.45) is 7.05 Å². The third-order valence-corrected chi connectivity index (χ3v) is 5.96. The van der Waals surface area contributed by atoms with Crippen molar-refractivity contribution in [1.29, 1.82) is 0 Å². The van der Waals surface area contributed by atoms with Gasteiger partial charge in [0.2, 0.25) is 5.91 Å². The van der Waals surface area contributed by atoms with Crippen molar-refractivity contribution in [3.8, 4) is 0 Å². The average Bonchev–Trinajstić information content (AvgIpc) is 2.89. The zero-order valence-electron chi connectivity index (χ0n) is 12.1. The van der Waals surface area contributed by atoms with E-state index in [4.69, 9.17) is 0 Å². The number of rotatable bonds is 3. The Morgan fingerprint density at radius 3 is 3.10 bits per heavy atom. The van der Waals surface area contributed by atoms with E-state index in [1.807, 2.05) is 17.8 Å². The monoisotopic (exact) mass is 293 g/mol. The number of thioether (sulfide) groups is 1. The molecule has 1 aromatic rings. The molecule has 0 N–H and O–H groups in total. The molecule has 1 aliphatic heterocycles. The van der Waals surface area contributed by atoms with Gasteiger partial charge in [-0.15, -0.1) is 0 Å². The van der Waals surface area contributed by atoms with Crippen molar-refractivity contribution in [3.05, 3.63) is 18.2 Å². The molecule has 1 amide bonds. The molecule has 2 fully saturated rings. The highest BCUT2D eigenvalue weighted by molar-refractivity contribution is 8.00. The van der Waals surface area contributed by atoms with E-state index in [1.54, 1.807) is 6.33 Å². The van der Waals surface area contributed by atoms with Crippen LogP contribution in [0.3, 0.4) is 0 Å². The molecule has 0 bridgehead atoms. The number of carbonyl (C=O) groups excluding carboxylic acids is 1. The summed E-state index contributed by atoms with van der Waals surface area (Å²) in [7, 11) is 1.99. The second-order valence-electron chi connectivity index (χ2n) is 5.84. The molecule has 1 aliphatic carbocycles. The van der Waals surface area contributed by atoms with Crippen molar-refractivity contribution in [1.82, 2.24) is 14.5 Å². The molecule has 2 atom stereocenters. The Bertz CT molecular complexity index is 471. The van der Waals surface area contributed by atoms with E-state index in [-0.39, 0.29) is 0 Å². The molecule has 20 heavy (non-hydrogen) atoms. The number of carbonyl (C=O) groups is 1. The Balaban J connectivity index is 1.59. The van der Waals surface area contributed by atoms with E-state index in [2.05, 4.69) is 21.6 Å². The first kappa shape index (κ1) is 14.0. The summed E-state index contributed by atoms with van der Waals surface area (Å²) in [5.41, 5.74) is 1.14. The highest BCUT2D eigenvalue weighted by Crippen LogP contribution is 2.35. The summed E-state index contributed by atoms with van der Waals surface area (Å²) in [6.45, 7) is 0.941. The van der Waals surface area contributed by atoms with Gasteiger partial charge < -0.3 is 9.47 Å². The van der Waals surface area contributed by atoms with Gasteiger partial charge in [-0.2, -0.15) is 11.8 Å². The molecule has 0 radical (unpaired) electrons. The van der Waals surface area contributed by atoms with Gasteiger partial charge in [0.05, 0.1) is 6.33 Å². The van der Waals surface area contributed by atoms with E-state index in [0.29, 0.717) is 23.6 Å². The molecule has 2 aliphatic rings. The summed E-state index contributed by atoms with van der Waals surface area (Å²) in [6, 6.07) is 0.501. The van der Waals surface area contributed by atoms with E-state index < -0.39 is 0 Å². The molecule has 0 unspecified atom stereocenters. The van der Waals surface area contributed by atoms with Gasteiger partial charge in [0.15, 0.2) is 0 Å². The van der Waals surface area contributed by atoms with Gasteiger partial charge in [0, 0.05) is 48.9 Å². The minimum absolute atomic E-state index is 0.336. The largest absolute Gasteiger partial charge is 0.338 e. The maximum Gasteiger partial charge on any atom is 0.223 e. The third kappa shape index (κ3) is 2.87. The number of imidazole rings is 1. The highest BCUT2D eigenvalue weighted by Gasteiger charge is 2.35. The Hall–Kier alpha value is -0.970. The van der Waals surface area contributed by atoms with Crippen molar-refractivity contribution in [3.63, 3.8) is 0 Å². The highest BCUT2D eigenvalue weighted by atomic mass is 32.2. The molecule has 1 saturated heterocycles. The van der Waals surface area contributed by atoms with Crippen LogP contribution in [0.25, 0.3) is 0 Å². The summed E-state index contributed by atoms with van der Waals surface area (Å²) in [4.78, 5) is 18.8. The zero-order valence-corrected chi connectivity index (χ0v) is 12.9. The van der Waals surface area contributed by atoms with Crippen LogP contribution in [0.1, 0.15) is 37.8 Å². The van der Waals surface area contributed by atoms with Crippen LogP contribution < -0.4 is 0 Å². The average molecular weight is 293 g/mol. The predicted molar refractivity (Wildman–Crippen MR) is 81.7 cm³/mol. The smallest absolute Gasteiger partial charge is 0.223 e. The number of aromatic nitrogens is 2. The maximum absolute atomic E-state index is 12.5. The first-order valence-corrected chi connectivity index (χ1v) is 8.67. The lowest BCUT2D eigenvalue weighted by Crippen LogP contribution is -2.51. The molecule has 4 nitrogen and oxygen atoms in total. The summed E-state index contributed by atoms with van der Waals surface area (Å²) in [5.74, 6) is 1.45. The standard InChI is InChI=1S/C15H23N3OS/c1-17-11-16-10-12(17)6-7-15(19)18-8-9-20-14-5-3-2-4-13(14)18/h10-11,13-14H,2-9H2,1H3/t13-,14-/m1/s1. The lowest BCUT2D eigenvalue weighted by atomic mass is 9.93. The quantitative estimate of drug-likeness (QED) is 0.858. The SMILES string of the molecule is Cn1cncc1CCC(=O)N1CCS[C@@H]2CCCC[C@H]21. The minimum Gasteiger partial charge on any atom is -0.338 e. The van der Waals surface area contributed by atoms with Crippen LogP contribution in [-0.2, 0) is 18.3 Å². The summed E-state index contributed by atoms with van der Waals surface area (Å²) in [6.07, 6.45) is 10.2. The zero-order chi connectivity index (χ0) is 13.9. The van der Waals surface area contributed by atoms with Crippen LogP contribution in [0.15, 0.2) is 12.5 Å². The Kier molecular flexibility index (Phi) is 4.34. The van der Waals surface area contributed by atoms with Crippen molar-refractivity contribution in [2.75, 3.05) is 12.3 Å². The Morgan fingerprint density at radius 1 is 1.45 bits per heavy atom. The van der Waals surface area contributed by atoms with Crippen molar-refractivity contribution >= 4 is 17.7 Å². The van der Waals surface area contributed by atoms with Crippen LogP contribution in [0.4, 0.5) is 0 Å². The number of amides is 1. The first-order valence-electron chi connectivity index (χ1n) is 7.62. The number of hydrogen-bond donors (Lipinski definition) is 0. The summed E-state index contributed by atoms with van der Waals surface area (Å²) >= 11 is 2.08. The Labute approximate surface area is 124 Å². The summed E-state index contributed by atoms with van der Waals surface area (Å²) < 4.78 is 2.00. The minimum atomic E-state index is 0.336. The van der Waals surface area contributed by atoms with E-state index >= 15 is 0 Å². The molecular formula is C15H23N3OS. The van der Waals surface area contributed by atoms with Gasteiger partial charge in [0.1, 0.15) is 0 Å². The number of hydrogen-bond acceptors (Lipinski definition) is 3. The molecular weight excluding hydrogens is 270 g/mol. The van der Waals surface area contributed by atoms with Crippen LogP contribution >= 0.6 is 11.8 Å². The van der Waals surface area contributed by atoms with Crippen LogP contribution in [0.2, 0.25) is 0 Å². The fourth-order valence-corrected chi connectivity index (χ4v) is 4.85. The lowest BCUT2D eigenvalue weighted by Gasteiger charge is -2.43. The number of aryl methyl sites for hydroxylation is 2. The normalized spacial score (nSPS) is 26.4. The first-order chi connectivity index (χ1) is 9.75. The topological polar surface area (TPSA) is 38.1 Å². The molecule has 0 aromatic carbocycles. The molecule has 5 heteroatoms. The van der Waals surface area contributed by atoms with Crippen LogP contribution in [0.5, 0.6) is 0 Å². The van der Waals surface area contributed by atoms with E-state index in [0.717, 1.165) is 24.4 Å². The molecule has 110 valence electrons. The molecule has 1 saturated carbocycles. The summed E-state index contributed by atoms with van der Waals surface area (Å²) in [5, 5.41) is 0.693. The number of fused-ring (bicyclic) bond motifs is 1. The van der Waals surface area contributed by atoms with Crippen LogP contribution in [-0.4, -0.2) is 43.9 Å². The van der Waals surface area contributed by atoms with Crippen LogP contribution in [0, 0.1) is 0 Å². The van der Waals surface area contributed by atoms with E-state index in [9.17, 15) is 4.79 Å². The predicted octanol–water partition coefficient (Wildman–Crippen LogP) is 2.24. The van der Waals surface area contributed by atoms with Gasteiger partial charge in [-0.25, -0.2) is 4.98 Å². The van der Waals surface area contributed by atoms with Gasteiger partial charge in [-0.3, -0.25) is 4.79 Å². The second-order valence-corrected chi connectivity index (χ2v) is 7.19. The molecule has 0 spiro atoms. The molecule has 3 rings (SSSR count). The third-order valence-electron chi connectivity index (χ3n) is 4.56. The molecule has 2 heterocycles. The maximum atomic E-state index is 12.5. The van der Waals surface area contributed by atoms with Gasteiger partial charge in [0.25, 0.3) is 0 Å². The fraction of sp³-hybridized carbons (Fsp3) is 0.733. The fourth-order valence-electron chi connectivity index (χ4n) is 3.41. The molecule has 1 aromatic heterocycles. The van der Waals surface area contributed by atoms with Crippen molar-refractivity contribution in [2.45, 2.75) is 49.8 Å². The van der Waals surface area contributed by atoms with Crippen molar-refractivity contribution < 1.29 is 4.79 Å². The lowest BCUT2D eigenvalue weighted by molar-refractivity contribution is -0.134. The van der Waals surface area contributed by atoms with Gasteiger partial charge in [-0.1, -0.05) is 12.8 Å². The van der Waals surface area contributed by atoms with Gasteiger partial charge in [-0.05, 0) is 19.3 Å². The second kappa shape index (κ2) is 6.20. The van der Waals surface area contributed by atoms with E-state index in [1.165, 1.54) is 25.7 Å². The Morgan fingerprint density at radius 2 is 2.30 bits per heavy atom.